The summed E-state index contributed by atoms with van der Waals surface area (Å²) in [6.45, 7) is 5.77. The second-order valence-corrected chi connectivity index (χ2v) is 4.44. The summed E-state index contributed by atoms with van der Waals surface area (Å²) in [5, 5.41) is 2.82. The second-order valence-electron chi connectivity index (χ2n) is 3.65. The Morgan fingerprint density at radius 2 is 2.07 bits per heavy atom. The summed E-state index contributed by atoms with van der Waals surface area (Å²) < 4.78 is 0.931. The lowest BCUT2D eigenvalue weighted by Gasteiger charge is -2.07. The van der Waals surface area contributed by atoms with Crippen LogP contribution in [0.2, 0.25) is 0 Å². The van der Waals surface area contributed by atoms with Gasteiger partial charge in [0.25, 0.3) is 0 Å². The van der Waals surface area contributed by atoms with Gasteiger partial charge >= 0.3 is 0 Å². The van der Waals surface area contributed by atoms with E-state index in [9.17, 15) is 4.79 Å². The number of amides is 1. The van der Waals surface area contributed by atoms with Crippen molar-refractivity contribution >= 4 is 27.5 Å². The molecule has 15 heavy (non-hydrogen) atoms. The maximum absolute atomic E-state index is 11.5. The van der Waals surface area contributed by atoms with Crippen molar-refractivity contribution in [2.24, 2.45) is 0 Å². The van der Waals surface area contributed by atoms with Crippen LogP contribution in [-0.4, -0.2) is 5.91 Å². The van der Waals surface area contributed by atoms with Crippen molar-refractivity contribution in [3.05, 3.63) is 39.9 Å². The van der Waals surface area contributed by atoms with Gasteiger partial charge in [-0.05, 0) is 48.3 Å². The van der Waals surface area contributed by atoms with Gasteiger partial charge in [-0.15, -0.1) is 0 Å². The normalized spacial score (nSPS) is 9.60. The number of hydrogen-bond acceptors (Lipinski definition) is 1. The van der Waals surface area contributed by atoms with Crippen molar-refractivity contribution in [1.82, 2.24) is 0 Å². The first kappa shape index (κ1) is 12.0. The van der Waals surface area contributed by atoms with E-state index in [1.165, 1.54) is 0 Å². The first-order valence-electron chi connectivity index (χ1n) is 4.71. The third kappa shape index (κ3) is 3.51. The van der Waals surface area contributed by atoms with Crippen LogP contribution in [0.3, 0.4) is 0 Å². The maximum Gasteiger partial charge on any atom is 0.248 e. The molecule has 0 aliphatic heterocycles. The van der Waals surface area contributed by atoms with E-state index in [1.54, 1.807) is 6.08 Å². The highest BCUT2D eigenvalue weighted by molar-refractivity contribution is 9.10. The molecular weight excluding hydrogens is 254 g/mol. The lowest BCUT2D eigenvalue weighted by molar-refractivity contribution is -0.111. The van der Waals surface area contributed by atoms with E-state index < -0.39 is 0 Å². The molecule has 0 saturated heterocycles. The third-order valence-electron chi connectivity index (χ3n) is 1.87. The van der Waals surface area contributed by atoms with Crippen LogP contribution in [0.15, 0.2) is 34.3 Å². The zero-order valence-corrected chi connectivity index (χ0v) is 10.7. The van der Waals surface area contributed by atoms with Crippen molar-refractivity contribution in [3.8, 4) is 0 Å². The second kappa shape index (κ2) is 5.12. The Morgan fingerprint density at radius 1 is 1.40 bits per heavy atom. The van der Waals surface area contributed by atoms with Crippen LogP contribution in [0.4, 0.5) is 5.69 Å². The maximum atomic E-state index is 11.5. The molecule has 1 aromatic carbocycles. The fourth-order valence-corrected chi connectivity index (χ4v) is 1.54. The Hall–Kier alpha value is -1.09. The van der Waals surface area contributed by atoms with Gasteiger partial charge in [-0.25, -0.2) is 0 Å². The van der Waals surface area contributed by atoms with E-state index in [-0.39, 0.29) is 5.91 Å². The lowest BCUT2D eigenvalue weighted by atomic mass is 10.2. The van der Waals surface area contributed by atoms with Gasteiger partial charge in [-0.2, -0.15) is 0 Å². The molecule has 0 fully saturated rings. The zero-order valence-electron chi connectivity index (χ0n) is 9.10. The Bertz CT molecular complexity index is 406. The molecule has 0 spiro atoms. The molecule has 0 heterocycles. The summed E-state index contributed by atoms with van der Waals surface area (Å²) >= 11 is 3.44. The number of hydrogen-bond donors (Lipinski definition) is 1. The summed E-state index contributed by atoms with van der Waals surface area (Å²) in [6.07, 6.45) is 1.58. The number of benzene rings is 1. The number of aryl methyl sites for hydroxylation is 1. The number of anilines is 1. The van der Waals surface area contributed by atoms with Crippen LogP contribution in [0.5, 0.6) is 0 Å². The smallest absolute Gasteiger partial charge is 0.248 e. The molecule has 3 heteroatoms. The van der Waals surface area contributed by atoms with Gasteiger partial charge in [0.15, 0.2) is 0 Å². The fourth-order valence-electron chi connectivity index (χ4n) is 1.17. The van der Waals surface area contributed by atoms with E-state index in [1.807, 2.05) is 39.0 Å². The SMILES string of the molecule is CC(C)=CC(=O)Nc1cccc(C)c1Br. The molecular formula is C12H14BrNO. The molecule has 0 aliphatic carbocycles. The Morgan fingerprint density at radius 3 is 2.67 bits per heavy atom. The highest BCUT2D eigenvalue weighted by atomic mass is 79.9. The van der Waals surface area contributed by atoms with E-state index in [4.69, 9.17) is 0 Å². The van der Waals surface area contributed by atoms with Crippen molar-refractivity contribution < 1.29 is 4.79 Å². The number of nitrogens with one attached hydrogen (secondary N) is 1. The topological polar surface area (TPSA) is 29.1 Å². The minimum Gasteiger partial charge on any atom is -0.321 e. The van der Waals surface area contributed by atoms with Gasteiger partial charge in [0.2, 0.25) is 5.91 Å². The zero-order chi connectivity index (χ0) is 11.4. The fraction of sp³-hybridized carbons (Fsp3) is 0.250. The molecule has 0 saturated carbocycles. The van der Waals surface area contributed by atoms with Crippen molar-refractivity contribution in [3.63, 3.8) is 0 Å². The summed E-state index contributed by atoms with van der Waals surface area (Å²) in [7, 11) is 0. The summed E-state index contributed by atoms with van der Waals surface area (Å²) in [5.41, 5.74) is 2.89. The molecule has 0 atom stereocenters. The van der Waals surface area contributed by atoms with Crippen LogP contribution in [-0.2, 0) is 4.79 Å². The average Bonchev–Trinajstić information content (AvgIpc) is 2.11. The number of rotatable bonds is 2. The van der Waals surface area contributed by atoms with Crippen LogP contribution >= 0.6 is 15.9 Å². The first-order chi connectivity index (χ1) is 7.00. The quantitative estimate of drug-likeness (QED) is 0.815. The van der Waals surface area contributed by atoms with E-state index in [2.05, 4.69) is 21.2 Å². The molecule has 0 aromatic heterocycles. The number of allylic oxidation sites excluding steroid dienone is 1. The molecule has 1 rings (SSSR count). The lowest BCUT2D eigenvalue weighted by Crippen LogP contribution is -2.09. The number of halogens is 1. The van der Waals surface area contributed by atoms with Crippen LogP contribution < -0.4 is 5.32 Å². The molecule has 0 bridgehead atoms. The predicted molar refractivity (Wildman–Crippen MR) is 66.9 cm³/mol. The number of carbonyl (C=O) groups is 1. The number of carbonyl (C=O) groups excluding carboxylic acids is 1. The predicted octanol–water partition coefficient (Wildman–Crippen LogP) is 3.66. The van der Waals surface area contributed by atoms with Crippen molar-refractivity contribution in [2.45, 2.75) is 20.8 Å². The summed E-state index contributed by atoms with van der Waals surface area (Å²) in [4.78, 5) is 11.5. The summed E-state index contributed by atoms with van der Waals surface area (Å²) in [5.74, 6) is -0.0960. The minimum absolute atomic E-state index is 0.0960. The van der Waals surface area contributed by atoms with Gasteiger partial charge in [0.1, 0.15) is 0 Å². The Balaban J connectivity index is 2.86. The molecule has 2 nitrogen and oxygen atoms in total. The van der Waals surface area contributed by atoms with Gasteiger partial charge in [-0.1, -0.05) is 17.7 Å². The van der Waals surface area contributed by atoms with Crippen LogP contribution in [0.25, 0.3) is 0 Å². The monoisotopic (exact) mass is 267 g/mol. The summed E-state index contributed by atoms with van der Waals surface area (Å²) in [6, 6.07) is 5.77. The van der Waals surface area contributed by atoms with Gasteiger partial charge < -0.3 is 5.32 Å². The molecule has 0 radical (unpaired) electrons. The van der Waals surface area contributed by atoms with Crippen LogP contribution in [0.1, 0.15) is 19.4 Å². The van der Waals surface area contributed by atoms with E-state index >= 15 is 0 Å². The van der Waals surface area contributed by atoms with Crippen LogP contribution in [0, 0.1) is 6.92 Å². The third-order valence-corrected chi connectivity index (χ3v) is 2.92. The van der Waals surface area contributed by atoms with E-state index in [0.717, 1.165) is 21.3 Å². The van der Waals surface area contributed by atoms with Gasteiger partial charge in [0.05, 0.1) is 5.69 Å². The molecule has 80 valence electrons. The highest BCUT2D eigenvalue weighted by Gasteiger charge is 2.04. The molecule has 0 unspecified atom stereocenters. The minimum atomic E-state index is -0.0960. The average molecular weight is 268 g/mol. The standard InChI is InChI=1S/C12H14BrNO/c1-8(2)7-11(15)14-10-6-4-5-9(3)12(10)13/h4-7H,1-3H3,(H,14,15). The largest absolute Gasteiger partial charge is 0.321 e. The van der Waals surface area contributed by atoms with Gasteiger partial charge in [0, 0.05) is 10.5 Å². The molecule has 1 amide bonds. The molecule has 1 N–H and O–H groups in total. The van der Waals surface area contributed by atoms with E-state index in [0.29, 0.717) is 0 Å². The van der Waals surface area contributed by atoms with Gasteiger partial charge in [-0.3, -0.25) is 4.79 Å². The molecule has 0 aliphatic rings. The van der Waals surface area contributed by atoms with Crippen molar-refractivity contribution in [2.75, 3.05) is 5.32 Å². The first-order valence-corrected chi connectivity index (χ1v) is 5.51. The molecule has 1 aromatic rings. The Kier molecular flexibility index (Phi) is 4.09. The Labute approximate surface area is 98.5 Å². The van der Waals surface area contributed by atoms with Crippen molar-refractivity contribution in [1.29, 1.82) is 0 Å². The highest BCUT2D eigenvalue weighted by Crippen LogP contribution is 2.25.